The van der Waals surface area contributed by atoms with Gasteiger partial charge in [-0.05, 0) is 49.0 Å². The van der Waals surface area contributed by atoms with E-state index < -0.39 is 0 Å². The summed E-state index contributed by atoms with van der Waals surface area (Å²) < 4.78 is 0. The number of H-pyrrole nitrogens is 1. The molecule has 2 aromatic rings. The van der Waals surface area contributed by atoms with Gasteiger partial charge in [-0.15, -0.1) is 0 Å². The number of allylic oxidation sites excluding steroid dienone is 2. The number of guanidine groups is 1. The Bertz CT molecular complexity index is 1130. The molecule has 2 heterocycles. The van der Waals surface area contributed by atoms with Crippen molar-refractivity contribution in [2.24, 2.45) is 4.99 Å². The molecule has 1 aliphatic heterocycles. The first-order valence-corrected chi connectivity index (χ1v) is 10.2. The second-order valence-corrected chi connectivity index (χ2v) is 7.45. The van der Waals surface area contributed by atoms with Gasteiger partial charge >= 0.3 is 5.91 Å². The van der Waals surface area contributed by atoms with Crippen molar-refractivity contribution < 1.29 is 4.79 Å². The summed E-state index contributed by atoms with van der Waals surface area (Å²) in [6.07, 6.45) is 7.89. The topological polar surface area (TPSA) is 103 Å². The molecule has 0 fully saturated rings. The number of nitrogens with zero attached hydrogens (tertiary/aromatic N) is 4. The van der Waals surface area contributed by atoms with Gasteiger partial charge in [0.1, 0.15) is 0 Å². The molecule has 1 aromatic heterocycles. The average Bonchev–Trinajstić information content (AvgIpc) is 3.30. The van der Waals surface area contributed by atoms with E-state index in [9.17, 15) is 4.79 Å². The number of benzene rings is 1. The summed E-state index contributed by atoms with van der Waals surface area (Å²) in [6, 6.07) is 6.06. The molecule has 4 N–H and O–H groups in total. The zero-order chi connectivity index (χ0) is 21.6. The van der Waals surface area contributed by atoms with E-state index in [-0.39, 0.29) is 23.5 Å². The summed E-state index contributed by atoms with van der Waals surface area (Å²) in [7, 11) is 0. The number of anilines is 1. The molecule has 1 aliphatic carbocycles. The van der Waals surface area contributed by atoms with Crippen LogP contribution in [0.3, 0.4) is 0 Å². The second-order valence-electron chi connectivity index (χ2n) is 7.45. The summed E-state index contributed by atoms with van der Waals surface area (Å²) in [5.74, 6) is 0.648. The Morgan fingerprint density at radius 3 is 2.84 bits per heavy atom. The van der Waals surface area contributed by atoms with Gasteiger partial charge in [-0.25, -0.2) is 9.98 Å². The van der Waals surface area contributed by atoms with Crippen molar-refractivity contribution >= 4 is 28.9 Å². The predicted molar refractivity (Wildman–Crippen MR) is 118 cm³/mol. The number of aliphatic imine (C=N–C) groups is 1. The number of imidazole rings is 1. The molecule has 9 nitrogen and oxygen atoms in total. The first-order valence-electron chi connectivity index (χ1n) is 10.2. The molecule has 1 amide bonds. The molecule has 156 valence electrons. The molecule has 0 spiro atoms. The fraction of sp³-hybridized carbons (Fsp3) is 0.318. The summed E-state index contributed by atoms with van der Waals surface area (Å²) >= 11 is 0. The monoisotopic (exact) mass is 414 g/mol. The fourth-order valence-corrected chi connectivity index (χ4v) is 3.83. The van der Waals surface area contributed by atoms with E-state index in [0.717, 1.165) is 36.1 Å². The number of nitrogens with one attached hydrogen (secondary N) is 4. The van der Waals surface area contributed by atoms with Crippen molar-refractivity contribution in [1.82, 2.24) is 20.7 Å². The molecule has 9 heteroatoms. The van der Waals surface area contributed by atoms with Crippen LogP contribution in [-0.2, 0) is 0 Å². The van der Waals surface area contributed by atoms with Crippen molar-refractivity contribution in [3.8, 4) is 0 Å². The van der Waals surface area contributed by atoms with Crippen molar-refractivity contribution in [1.29, 1.82) is 0 Å². The van der Waals surface area contributed by atoms with E-state index in [2.05, 4.69) is 53.0 Å². The van der Waals surface area contributed by atoms with E-state index in [1.54, 1.807) is 0 Å². The quantitative estimate of drug-likeness (QED) is 0.453. The number of hydrogen-bond acceptors (Lipinski definition) is 5. The SMILES string of the molecule is [C-]#[N+]NC1=NCC(c2ccc(NC(=O)c3ncc([N+]#[C-])[nH]3)c(C3=CCCCC3)c2)CN1. The predicted octanol–water partition coefficient (Wildman–Crippen LogP) is 3.64. The summed E-state index contributed by atoms with van der Waals surface area (Å²) in [5, 5.41) is 6.10. The van der Waals surface area contributed by atoms with E-state index in [0.29, 0.717) is 19.0 Å². The van der Waals surface area contributed by atoms with Gasteiger partial charge < -0.3 is 15.5 Å². The van der Waals surface area contributed by atoms with Gasteiger partial charge in [0.15, 0.2) is 0 Å². The number of aromatic nitrogens is 2. The molecule has 4 rings (SSSR count). The van der Waals surface area contributed by atoms with Crippen molar-refractivity contribution in [2.75, 3.05) is 18.4 Å². The third kappa shape index (κ3) is 4.57. The molecule has 1 unspecified atom stereocenters. The van der Waals surface area contributed by atoms with Crippen LogP contribution >= 0.6 is 0 Å². The lowest BCUT2D eigenvalue weighted by Crippen LogP contribution is -2.40. The molecule has 0 radical (unpaired) electrons. The van der Waals surface area contributed by atoms with E-state index in [1.165, 1.54) is 18.2 Å². The largest absolute Gasteiger partial charge is 0.363 e. The maximum Gasteiger partial charge on any atom is 0.314 e. The maximum absolute atomic E-state index is 12.7. The highest BCUT2D eigenvalue weighted by molar-refractivity contribution is 6.03. The van der Waals surface area contributed by atoms with Gasteiger partial charge in [0.05, 0.1) is 12.7 Å². The Morgan fingerprint density at radius 1 is 1.26 bits per heavy atom. The fourth-order valence-electron chi connectivity index (χ4n) is 3.83. The molecule has 1 atom stereocenters. The van der Waals surface area contributed by atoms with Crippen molar-refractivity contribution in [3.63, 3.8) is 0 Å². The molecular weight excluding hydrogens is 392 g/mol. The first kappa shape index (κ1) is 20.2. The minimum Gasteiger partial charge on any atom is -0.363 e. The lowest BCUT2D eigenvalue weighted by atomic mass is 9.88. The van der Waals surface area contributed by atoms with Gasteiger partial charge in [-0.2, -0.15) is 11.5 Å². The lowest BCUT2D eigenvalue weighted by molar-refractivity contribution is 0.101. The standard InChI is InChI=1S/C22H22N8O/c1-23-19-13-25-20(29-19)21(31)28-18-9-8-15(10-17(18)14-6-4-3-5-7-14)16-11-26-22(27-12-16)30-24-2/h6,8-10,13,16H,3-5,7,11-12H2,(H,25,29)(H,28,31)(H2,26,27,30). The molecule has 1 aromatic carbocycles. The van der Waals surface area contributed by atoms with Crippen LogP contribution in [0.5, 0.6) is 0 Å². The Morgan fingerprint density at radius 2 is 2.16 bits per heavy atom. The first-order chi connectivity index (χ1) is 15.2. The number of amides is 1. The number of carbonyl (C=O) groups is 1. The van der Waals surface area contributed by atoms with Crippen molar-refractivity contribution in [2.45, 2.75) is 31.6 Å². The lowest BCUT2D eigenvalue weighted by Gasteiger charge is -2.24. The van der Waals surface area contributed by atoms with Gasteiger partial charge in [0, 0.05) is 23.7 Å². The number of hydrogen-bond donors (Lipinski definition) is 4. The van der Waals surface area contributed by atoms with Crippen LogP contribution in [0.1, 0.15) is 53.3 Å². The zero-order valence-corrected chi connectivity index (χ0v) is 16.9. The normalized spacial score (nSPS) is 17.9. The average molecular weight is 414 g/mol. The second kappa shape index (κ2) is 9.14. The highest BCUT2D eigenvalue weighted by atomic mass is 16.2. The molecule has 2 aliphatic rings. The number of rotatable bonds is 4. The Labute approximate surface area is 180 Å². The smallest absolute Gasteiger partial charge is 0.314 e. The van der Waals surface area contributed by atoms with E-state index >= 15 is 0 Å². The minimum atomic E-state index is -0.376. The van der Waals surface area contributed by atoms with Gasteiger partial charge in [0.2, 0.25) is 5.82 Å². The van der Waals surface area contributed by atoms with Gasteiger partial charge in [-0.3, -0.25) is 9.78 Å². The third-order valence-electron chi connectivity index (χ3n) is 5.45. The van der Waals surface area contributed by atoms with Gasteiger partial charge in [-0.1, -0.05) is 24.1 Å². The summed E-state index contributed by atoms with van der Waals surface area (Å²) in [5.41, 5.74) is 6.62. The Kier molecular flexibility index (Phi) is 5.95. The van der Waals surface area contributed by atoms with Gasteiger partial charge in [0.25, 0.3) is 11.8 Å². The van der Waals surface area contributed by atoms with Crippen LogP contribution in [-0.4, -0.2) is 34.9 Å². The summed E-state index contributed by atoms with van der Waals surface area (Å²) in [4.78, 5) is 30.2. The Balaban J connectivity index is 1.61. The Hall–Kier alpha value is -4.11. The molecular formula is C22H22N8O. The third-order valence-corrected chi connectivity index (χ3v) is 5.45. The maximum atomic E-state index is 12.7. The van der Waals surface area contributed by atoms with Crippen LogP contribution in [0, 0.1) is 13.1 Å². The minimum absolute atomic E-state index is 0.115. The van der Waals surface area contributed by atoms with E-state index in [1.807, 2.05) is 12.1 Å². The molecule has 0 saturated heterocycles. The molecule has 0 saturated carbocycles. The zero-order valence-electron chi connectivity index (χ0n) is 16.9. The molecule has 31 heavy (non-hydrogen) atoms. The summed E-state index contributed by atoms with van der Waals surface area (Å²) in [6.45, 7) is 15.2. The van der Waals surface area contributed by atoms with Crippen LogP contribution in [0.25, 0.3) is 15.4 Å². The molecule has 0 bridgehead atoms. The number of carbonyl (C=O) groups excluding carboxylic acids is 1. The van der Waals surface area contributed by atoms with Crippen LogP contribution < -0.4 is 16.1 Å². The van der Waals surface area contributed by atoms with E-state index in [4.69, 9.17) is 13.1 Å². The van der Waals surface area contributed by atoms with Crippen molar-refractivity contribution in [3.05, 3.63) is 70.4 Å². The van der Waals surface area contributed by atoms with Crippen LogP contribution in [0.2, 0.25) is 0 Å². The highest BCUT2D eigenvalue weighted by Gasteiger charge is 2.22. The highest BCUT2D eigenvalue weighted by Crippen LogP contribution is 2.34. The number of aromatic amines is 1. The van der Waals surface area contributed by atoms with Crippen LogP contribution in [0.15, 0.2) is 35.5 Å². The van der Waals surface area contributed by atoms with Crippen LogP contribution in [0.4, 0.5) is 11.5 Å².